The zero-order valence-electron chi connectivity index (χ0n) is 15.6. The molecule has 140 valence electrons. The average molecular weight is 357 g/mol. The monoisotopic (exact) mass is 357 g/mol. The lowest BCUT2D eigenvalue weighted by Crippen LogP contribution is -2.36. The lowest BCUT2D eigenvalue weighted by atomic mass is 9.92. The van der Waals surface area contributed by atoms with Crippen molar-refractivity contribution in [1.82, 2.24) is 14.4 Å². The van der Waals surface area contributed by atoms with Gasteiger partial charge in [-0.15, -0.1) is 0 Å². The van der Waals surface area contributed by atoms with Crippen molar-refractivity contribution in [3.8, 4) is 0 Å². The molecule has 0 atom stereocenters. The van der Waals surface area contributed by atoms with E-state index in [-0.39, 0.29) is 5.82 Å². The van der Waals surface area contributed by atoms with Crippen LogP contribution in [0, 0.1) is 11.7 Å². The summed E-state index contributed by atoms with van der Waals surface area (Å²) in [7, 11) is 2.01. The highest BCUT2D eigenvalue weighted by atomic mass is 19.1. The molecule has 1 aromatic carbocycles. The third-order valence-electron chi connectivity index (χ3n) is 6.06. The number of piperidine rings is 1. The summed E-state index contributed by atoms with van der Waals surface area (Å²) in [5, 5.41) is 1.01. The SMILES string of the molecule is Cn1cc(CN2CCC(CC(=O)N3CCCC3)CC2)c2cc(F)ccc21. The summed E-state index contributed by atoms with van der Waals surface area (Å²) in [5.41, 5.74) is 2.26. The van der Waals surface area contributed by atoms with Crippen LogP contribution in [-0.4, -0.2) is 46.5 Å². The minimum Gasteiger partial charge on any atom is -0.350 e. The summed E-state index contributed by atoms with van der Waals surface area (Å²) < 4.78 is 15.7. The normalized spacial score (nSPS) is 19.5. The van der Waals surface area contributed by atoms with Crippen LogP contribution >= 0.6 is 0 Å². The first-order valence-corrected chi connectivity index (χ1v) is 9.84. The molecule has 4 nitrogen and oxygen atoms in total. The van der Waals surface area contributed by atoms with Gasteiger partial charge in [-0.3, -0.25) is 9.69 Å². The minimum atomic E-state index is -0.177. The Kier molecular flexibility index (Phi) is 4.98. The highest BCUT2D eigenvalue weighted by Crippen LogP contribution is 2.27. The number of aromatic nitrogens is 1. The van der Waals surface area contributed by atoms with Gasteiger partial charge in [0, 0.05) is 50.2 Å². The molecule has 1 aromatic heterocycles. The summed E-state index contributed by atoms with van der Waals surface area (Å²) in [4.78, 5) is 16.8. The maximum absolute atomic E-state index is 13.6. The number of hydrogen-bond donors (Lipinski definition) is 0. The Balaban J connectivity index is 1.34. The number of likely N-dealkylation sites (tertiary alicyclic amines) is 2. The fraction of sp³-hybridized carbons (Fsp3) is 0.571. The number of hydrogen-bond acceptors (Lipinski definition) is 2. The van der Waals surface area contributed by atoms with Crippen LogP contribution in [-0.2, 0) is 18.4 Å². The molecule has 0 spiro atoms. The molecule has 0 bridgehead atoms. The number of amides is 1. The van der Waals surface area contributed by atoms with Gasteiger partial charge < -0.3 is 9.47 Å². The Labute approximate surface area is 154 Å². The Morgan fingerprint density at radius 3 is 2.62 bits per heavy atom. The van der Waals surface area contributed by atoms with Gasteiger partial charge in [-0.05, 0) is 68.5 Å². The molecule has 3 heterocycles. The Morgan fingerprint density at radius 1 is 1.15 bits per heavy atom. The van der Waals surface area contributed by atoms with E-state index >= 15 is 0 Å². The van der Waals surface area contributed by atoms with Crippen LogP contribution in [0.15, 0.2) is 24.4 Å². The number of nitrogens with zero attached hydrogens (tertiary/aromatic N) is 3. The van der Waals surface area contributed by atoms with Gasteiger partial charge in [0.15, 0.2) is 0 Å². The maximum atomic E-state index is 13.6. The number of carbonyl (C=O) groups excluding carboxylic acids is 1. The van der Waals surface area contributed by atoms with Gasteiger partial charge in [-0.1, -0.05) is 0 Å². The van der Waals surface area contributed by atoms with Crippen molar-refractivity contribution in [2.24, 2.45) is 13.0 Å². The van der Waals surface area contributed by atoms with Crippen LogP contribution in [0.5, 0.6) is 0 Å². The van der Waals surface area contributed by atoms with Crippen molar-refractivity contribution >= 4 is 16.8 Å². The Hall–Kier alpha value is -1.88. The average Bonchev–Trinajstić information content (AvgIpc) is 3.26. The van der Waals surface area contributed by atoms with Crippen molar-refractivity contribution in [2.75, 3.05) is 26.2 Å². The smallest absolute Gasteiger partial charge is 0.222 e. The number of carbonyl (C=O) groups is 1. The van der Waals surface area contributed by atoms with Crippen LogP contribution in [0.3, 0.4) is 0 Å². The van der Waals surface area contributed by atoms with Crippen LogP contribution in [0.4, 0.5) is 4.39 Å². The number of aryl methyl sites for hydroxylation is 1. The predicted octanol–water partition coefficient (Wildman–Crippen LogP) is 3.54. The Morgan fingerprint density at radius 2 is 1.88 bits per heavy atom. The van der Waals surface area contributed by atoms with Crippen molar-refractivity contribution in [3.63, 3.8) is 0 Å². The number of halogens is 1. The van der Waals surface area contributed by atoms with E-state index < -0.39 is 0 Å². The van der Waals surface area contributed by atoms with Crippen molar-refractivity contribution in [3.05, 3.63) is 35.8 Å². The van der Waals surface area contributed by atoms with E-state index in [0.717, 1.165) is 69.3 Å². The second-order valence-electron chi connectivity index (χ2n) is 7.94. The lowest BCUT2D eigenvalue weighted by molar-refractivity contribution is -0.131. The van der Waals surface area contributed by atoms with E-state index in [4.69, 9.17) is 0 Å². The van der Waals surface area contributed by atoms with Gasteiger partial charge in [-0.25, -0.2) is 4.39 Å². The molecule has 2 aliphatic heterocycles. The molecule has 2 fully saturated rings. The summed E-state index contributed by atoms with van der Waals surface area (Å²) in [5.74, 6) is 0.693. The summed E-state index contributed by atoms with van der Waals surface area (Å²) in [6.07, 6.45) is 7.32. The molecular weight excluding hydrogens is 329 g/mol. The molecule has 0 unspecified atom stereocenters. The van der Waals surface area contributed by atoms with Crippen molar-refractivity contribution in [1.29, 1.82) is 0 Å². The molecule has 0 aliphatic carbocycles. The van der Waals surface area contributed by atoms with Crippen LogP contribution < -0.4 is 0 Å². The summed E-state index contributed by atoms with van der Waals surface area (Å²) in [6, 6.07) is 5.02. The number of fused-ring (bicyclic) bond motifs is 1. The highest BCUT2D eigenvalue weighted by molar-refractivity contribution is 5.84. The predicted molar refractivity (Wildman–Crippen MR) is 101 cm³/mol. The molecule has 0 saturated carbocycles. The number of benzene rings is 1. The molecule has 0 radical (unpaired) electrons. The second-order valence-corrected chi connectivity index (χ2v) is 7.94. The summed E-state index contributed by atoms with van der Waals surface area (Å²) in [6.45, 7) is 4.80. The first kappa shape index (κ1) is 17.5. The topological polar surface area (TPSA) is 28.5 Å². The Bertz CT molecular complexity index is 786. The van der Waals surface area contributed by atoms with Gasteiger partial charge in [-0.2, -0.15) is 0 Å². The zero-order valence-corrected chi connectivity index (χ0v) is 15.6. The zero-order chi connectivity index (χ0) is 18.1. The molecule has 2 aromatic rings. The van der Waals surface area contributed by atoms with Crippen molar-refractivity contribution < 1.29 is 9.18 Å². The van der Waals surface area contributed by atoms with Crippen molar-refractivity contribution in [2.45, 2.75) is 38.6 Å². The van der Waals surface area contributed by atoms with E-state index in [0.29, 0.717) is 18.2 Å². The van der Waals surface area contributed by atoms with E-state index in [1.54, 1.807) is 6.07 Å². The largest absolute Gasteiger partial charge is 0.350 e. The lowest BCUT2D eigenvalue weighted by Gasteiger charge is -2.32. The first-order chi connectivity index (χ1) is 12.6. The third kappa shape index (κ3) is 3.63. The van der Waals surface area contributed by atoms with Gasteiger partial charge in [0.2, 0.25) is 5.91 Å². The molecule has 4 rings (SSSR count). The quantitative estimate of drug-likeness (QED) is 0.837. The van der Waals surface area contributed by atoms with Crippen LogP contribution in [0.25, 0.3) is 10.9 Å². The molecule has 5 heteroatoms. The van der Waals surface area contributed by atoms with Crippen LogP contribution in [0.2, 0.25) is 0 Å². The number of rotatable bonds is 4. The molecule has 26 heavy (non-hydrogen) atoms. The van der Waals surface area contributed by atoms with Gasteiger partial charge in [0.05, 0.1) is 0 Å². The maximum Gasteiger partial charge on any atom is 0.222 e. The van der Waals surface area contributed by atoms with Gasteiger partial charge in [0.25, 0.3) is 0 Å². The van der Waals surface area contributed by atoms with Gasteiger partial charge in [0.1, 0.15) is 5.82 Å². The third-order valence-corrected chi connectivity index (χ3v) is 6.06. The first-order valence-electron chi connectivity index (χ1n) is 9.84. The van der Waals surface area contributed by atoms with E-state index in [2.05, 4.69) is 15.7 Å². The minimum absolute atomic E-state index is 0.177. The molecule has 2 aliphatic rings. The standard InChI is InChI=1S/C21H28FN3O/c1-23-14-17(19-13-18(22)4-5-20(19)23)15-24-10-6-16(7-11-24)12-21(26)25-8-2-3-9-25/h4-5,13-14,16H,2-3,6-12,15H2,1H3. The second kappa shape index (κ2) is 7.39. The molecular formula is C21H28FN3O. The summed E-state index contributed by atoms with van der Waals surface area (Å²) >= 11 is 0. The molecule has 1 amide bonds. The molecule has 0 N–H and O–H groups in total. The van der Waals surface area contributed by atoms with Crippen LogP contribution in [0.1, 0.15) is 37.7 Å². The van der Waals surface area contributed by atoms with Gasteiger partial charge >= 0.3 is 0 Å². The fourth-order valence-corrected chi connectivity index (χ4v) is 4.50. The molecule has 2 saturated heterocycles. The van der Waals surface area contributed by atoms with E-state index in [1.807, 2.05) is 18.0 Å². The fourth-order valence-electron chi connectivity index (χ4n) is 4.50. The highest BCUT2D eigenvalue weighted by Gasteiger charge is 2.25. The van der Waals surface area contributed by atoms with E-state index in [1.165, 1.54) is 11.6 Å². The van der Waals surface area contributed by atoms with E-state index in [9.17, 15) is 9.18 Å².